The van der Waals surface area contributed by atoms with Crippen molar-refractivity contribution < 1.29 is 23.0 Å². The van der Waals surface area contributed by atoms with Gasteiger partial charge < -0.3 is 20.1 Å². The van der Waals surface area contributed by atoms with Crippen LogP contribution >= 0.6 is 12.4 Å². The fourth-order valence-corrected chi connectivity index (χ4v) is 1.61. The summed E-state index contributed by atoms with van der Waals surface area (Å²) in [4.78, 5) is 11.4. The van der Waals surface area contributed by atoms with Gasteiger partial charge in [-0.05, 0) is 20.0 Å². The first-order valence-corrected chi connectivity index (χ1v) is 6.19. The van der Waals surface area contributed by atoms with Crippen LogP contribution in [0, 0.1) is 0 Å². The lowest BCUT2D eigenvalue weighted by Crippen LogP contribution is -2.31. The van der Waals surface area contributed by atoms with E-state index in [2.05, 4.69) is 15.4 Å². The molecule has 0 fully saturated rings. The lowest BCUT2D eigenvalue weighted by molar-refractivity contribution is -0.120. The molecule has 0 radical (unpaired) electrons. The van der Waals surface area contributed by atoms with E-state index < -0.39 is 6.61 Å². The molecular weight excluding hydrogens is 306 g/mol. The van der Waals surface area contributed by atoms with Gasteiger partial charge in [0.2, 0.25) is 5.91 Å². The van der Waals surface area contributed by atoms with Crippen molar-refractivity contribution in [3.05, 3.63) is 23.8 Å². The van der Waals surface area contributed by atoms with E-state index in [9.17, 15) is 13.6 Å². The van der Waals surface area contributed by atoms with Crippen LogP contribution in [0.2, 0.25) is 0 Å². The molecule has 1 aromatic rings. The second kappa shape index (κ2) is 10.2. The molecular formula is C13H19ClF2N2O3. The third-order valence-electron chi connectivity index (χ3n) is 2.38. The normalized spacial score (nSPS) is 9.95. The van der Waals surface area contributed by atoms with Crippen LogP contribution in [0.3, 0.4) is 0 Å². The van der Waals surface area contributed by atoms with Crippen molar-refractivity contribution >= 4 is 18.3 Å². The zero-order valence-electron chi connectivity index (χ0n) is 11.8. The third kappa shape index (κ3) is 6.59. The number of likely N-dealkylation sites (N-methyl/N-ethyl adjacent to an activating group) is 1. The van der Waals surface area contributed by atoms with Crippen LogP contribution in [0.5, 0.6) is 11.5 Å². The number of alkyl halides is 2. The highest BCUT2D eigenvalue weighted by Crippen LogP contribution is 2.32. The van der Waals surface area contributed by atoms with Gasteiger partial charge in [-0.25, -0.2) is 0 Å². The summed E-state index contributed by atoms with van der Waals surface area (Å²) in [7, 11) is 1.64. The topological polar surface area (TPSA) is 59.6 Å². The van der Waals surface area contributed by atoms with Crippen LogP contribution in [-0.4, -0.2) is 32.7 Å². The molecule has 0 saturated heterocycles. The Morgan fingerprint density at radius 1 is 1.38 bits per heavy atom. The summed E-state index contributed by atoms with van der Waals surface area (Å²) < 4.78 is 34.7. The monoisotopic (exact) mass is 324 g/mol. The molecule has 0 aliphatic heterocycles. The molecule has 0 bridgehead atoms. The Morgan fingerprint density at radius 2 is 2.10 bits per heavy atom. The fraction of sp³-hybridized carbons (Fsp3) is 0.462. The summed E-state index contributed by atoms with van der Waals surface area (Å²) in [5.41, 5.74) is 0.431. The minimum atomic E-state index is -2.96. The van der Waals surface area contributed by atoms with Gasteiger partial charge in [-0.15, -0.1) is 12.4 Å². The zero-order valence-corrected chi connectivity index (χ0v) is 12.6. The van der Waals surface area contributed by atoms with Crippen molar-refractivity contribution in [3.63, 3.8) is 0 Å². The van der Waals surface area contributed by atoms with Crippen LogP contribution in [0.1, 0.15) is 12.5 Å². The quantitative estimate of drug-likeness (QED) is 0.767. The van der Waals surface area contributed by atoms with Gasteiger partial charge in [0.1, 0.15) is 0 Å². The van der Waals surface area contributed by atoms with Crippen LogP contribution in [-0.2, 0) is 11.3 Å². The Hall–Kier alpha value is -1.60. The average molecular weight is 325 g/mol. The standard InChI is InChI=1S/C13H18F2N2O3.ClH/c1-3-19-10-6-4-5-9(12(10)20-13(14)15)7-17-11(18)8-16-2;/h4-6,13,16H,3,7-8H2,1-2H3,(H,17,18);1H. The molecule has 0 spiro atoms. The number of hydrogen-bond acceptors (Lipinski definition) is 4. The van der Waals surface area contributed by atoms with Gasteiger partial charge >= 0.3 is 6.61 Å². The molecule has 2 N–H and O–H groups in total. The lowest BCUT2D eigenvalue weighted by Gasteiger charge is -2.15. The second-order valence-corrected chi connectivity index (χ2v) is 3.86. The minimum Gasteiger partial charge on any atom is -0.490 e. The number of nitrogens with one attached hydrogen (secondary N) is 2. The summed E-state index contributed by atoms with van der Waals surface area (Å²) >= 11 is 0. The van der Waals surface area contributed by atoms with Crippen molar-refractivity contribution in [2.24, 2.45) is 0 Å². The average Bonchev–Trinajstić information content (AvgIpc) is 2.39. The Kier molecular flexibility index (Phi) is 9.40. The zero-order chi connectivity index (χ0) is 15.0. The van der Waals surface area contributed by atoms with E-state index in [0.717, 1.165) is 0 Å². The molecule has 21 heavy (non-hydrogen) atoms. The number of carbonyl (C=O) groups is 1. The maximum Gasteiger partial charge on any atom is 0.387 e. The Labute approximate surface area is 128 Å². The molecule has 120 valence electrons. The molecule has 0 aliphatic carbocycles. The predicted molar refractivity (Wildman–Crippen MR) is 77.3 cm³/mol. The molecule has 0 atom stereocenters. The number of para-hydroxylation sites is 1. The maximum absolute atomic E-state index is 12.5. The smallest absolute Gasteiger partial charge is 0.387 e. The fourth-order valence-electron chi connectivity index (χ4n) is 1.61. The first kappa shape index (κ1) is 19.4. The number of rotatable bonds is 8. The van der Waals surface area contributed by atoms with Gasteiger partial charge in [0.05, 0.1) is 13.2 Å². The van der Waals surface area contributed by atoms with Crippen molar-refractivity contribution in [1.29, 1.82) is 0 Å². The molecule has 1 amide bonds. The molecule has 0 aromatic heterocycles. The van der Waals surface area contributed by atoms with E-state index in [-0.39, 0.29) is 42.9 Å². The van der Waals surface area contributed by atoms with Crippen LogP contribution in [0.15, 0.2) is 18.2 Å². The van der Waals surface area contributed by atoms with E-state index in [1.54, 1.807) is 32.2 Å². The molecule has 0 saturated carbocycles. The van der Waals surface area contributed by atoms with Gasteiger partial charge in [-0.3, -0.25) is 4.79 Å². The Balaban J connectivity index is 0.00000400. The van der Waals surface area contributed by atoms with Gasteiger partial charge in [0.15, 0.2) is 11.5 Å². The lowest BCUT2D eigenvalue weighted by atomic mass is 10.2. The molecule has 0 unspecified atom stereocenters. The minimum absolute atomic E-state index is 0. The van der Waals surface area contributed by atoms with E-state index in [0.29, 0.717) is 12.2 Å². The van der Waals surface area contributed by atoms with Gasteiger partial charge in [0, 0.05) is 12.1 Å². The van der Waals surface area contributed by atoms with E-state index in [4.69, 9.17) is 4.74 Å². The summed E-state index contributed by atoms with van der Waals surface area (Å²) in [6, 6.07) is 4.79. The predicted octanol–water partition coefficient (Wildman–Crippen LogP) is 1.94. The van der Waals surface area contributed by atoms with E-state index >= 15 is 0 Å². The van der Waals surface area contributed by atoms with Crippen LogP contribution in [0.25, 0.3) is 0 Å². The Morgan fingerprint density at radius 3 is 2.67 bits per heavy atom. The Bertz CT molecular complexity index is 447. The van der Waals surface area contributed by atoms with E-state index in [1.807, 2.05) is 0 Å². The number of amides is 1. The summed E-state index contributed by atoms with van der Waals surface area (Å²) in [5.74, 6) is -0.0559. The third-order valence-corrected chi connectivity index (χ3v) is 2.38. The van der Waals surface area contributed by atoms with Crippen molar-refractivity contribution in [2.45, 2.75) is 20.1 Å². The van der Waals surface area contributed by atoms with Gasteiger partial charge in [0.25, 0.3) is 0 Å². The van der Waals surface area contributed by atoms with Gasteiger partial charge in [-0.1, -0.05) is 12.1 Å². The highest BCUT2D eigenvalue weighted by molar-refractivity contribution is 5.85. The first-order valence-electron chi connectivity index (χ1n) is 6.19. The summed E-state index contributed by atoms with van der Waals surface area (Å²) in [6.07, 6.45) is 0. The van der Waals surface area contributed by atoms with Gasteiger partial charge in [-0.2, -0.15) is 8.78 Å². The second-order valence-electron chi connectivity index (χ2n) is 3.86. The number of benzene rings is 1. The van der Waals surface area contributed by atoms with Crippen molar-refractivity contribution in [2.75, 3.05) is 20.2 Å². The highest BCUT2D eigenvalue weighted by Gasteiger charge is 2.16. The number of carbonyl (C=O) groups excluding carboxylic acids is 1. The molecule has 0 heterocycles. The van der Waals surface area contributed by atoms with Crippen LogP contribution in [0.4, 0.5) is 8.78 Å². The van der Waals surface area contributed by atoms with Crippen molar-refractivity contribution in [3.8, 4) is 11.5 Å². The SMILES string of the molecule is CCOc1cccc(CNC(=O)CNC)c1OC(F)F.Cl. The molecule has 8 heteroatoms. The number of hydrogen-bond donors (Lipinski definition) is 2. The molecule has 5 nitrogen and oxygen atoms in total. The highest BCUT2D eigenvalue weighted by atomic mass is 35.5. The maximum atomic E-state index is 12.5. The van der Waals surface area contributed by atoms with E-state index in [1.165, 1.54) is 0 Å². The largest absolute Gasteiger partial charge is 0.490 e. The molecule has 0 aliphatic rings. The first-order chi connectivity index (χ1) is 9.58. The number of halogens is 3. The summed E-state index contributed by atoms with van der Waals surface area (Å²) in [6.45, 7) is -0.647. The summed E-state index contributed by atoms with van der Waals surface area (Å²) in [5, 5.41) is 5.30. The molecule has 1 rings (SSSR count). The number of ether oxygens (including phenoxy) is 2. The van der Waals surface area contributed by atoms with Crippen molar-refractivity contribution in [1.82, 2.24) is 10.6 Å². The van der Waals surface area contributed by atoms with Crippen LogP contribution < -0.4 is 20.1 Å². The molecule has 1 aromatic carbocycles.